The third-order valence-electron chi connectivity index (χ3n) is 5.82. The number of hydrogen-bond acceptors (Lipinski definition) is 8. The number of nitrogens with zero attached hydrogens (tertiary/aromatic N) is 3. The highest BCUT2D eigenvalue weighted by atomic mass is 16.6. The van der Waals surface area contributed by atoms with Crippen LogP contribution in [0.1, 0.15) is 63.9 Å². The van der Waals surface area contributed by atoms with Crippen molar-refractivity contribution in [2.75, 3.05) is 13.2 Å². The zero-order valence-electron chi connectivity index (χ0n) is 23.6. The van der Waals surface area contributed by atoms with Crippen LogP contribution in [0.5, 0.6) is 0 Å². The molecule has 1 amide bonds. The van der Waals surface area contributed by atoms with Crippen molar-refractivity contribution in [1.82, 2.24) is 14.0 Å². The van der Waals surface area contributed by atoms with Crippen molar-refractivity contribution in [2.24, 2.45) is 0 Å². The van der Waals surface area contributed by atoms with Crippen LogP contribution in [0.3, 0.4) is 0 Å². The highest BCUT2D eigenvalue weighted by Crippen LogP contribution is 2.24. The first-order valence-corrected chi connectivity index (χ1v) is 12.8. The predicted molar refractivity (Wildman–Crippen MR) is 143 cm³/mol. The van der Waals surface area contributed by atoms with E-state index in [1.807, 2.05) is 0 Å². The Bertz CT molecular complexity index is 1330. The van der Waals surface area contributed by atoms with Crippen LogP contribution in [-0.4, -0.2) is 68.5 Å². The maximum absolute atomic E-state index is 13.4. The average Bonchev–Trinajstić information content (AvgIpc) is 3.22. The van der Waals surface area contributed by atoms with E-state index in [-0.39, 0.29) is 30.8 Å². The molecule has 1 aliphatic rings. The molecule has 0 aliphatic carbocycles. The highest BCUT2D eigenvalue weighted by Gasteiger charge is 2.39. The standard InChI is InChI=1S/C28H37N3O8/c1-18-14-29(25(35)31(23(18)33)24(34)19-11-9-8-10-12-19)15-20-13-21(37-17-22(32)38-27(2,3)4)16-30(20)26(36)39-28(5,6)7/h8-12,14,20-21H,13,15-17H2,1-7H3/t20-,21+/m0/s1. The van der Waals surface area contributed by atoms with Crippen molar-refractivity contribution in [3.8, 4) is 0 Å². The van der Waals surface area contributed by atoms with Gasteiger partial charge in [0.1, 0.15) is 17.8 Å². The summed E-state index contributed by atoms with van der Waals surface area (Å²) in [6.45, 7) is 11.8. The summed E-state index contributed by atoms with van der Waals surface area (Å²) in [6.07, 6.45) is 0.541. The SMILES string of the molecule is Cc1cn(C[C@@H]2C[C@@H](OCC(=O)OC(C)(C)C)CN2C(=O)OC(C)(C)C)c(=O)n(C(=O)c2ccccc2)c1=O. The van der Waals surface area contributed by atoms with Gasteiger partial charge in [-0.15, -0.1) is 0 Å². The van der Waals surface area contributed by atoms with Gasteiger partial charge >= 0.3 is 17.8 Å². The summed E-state index contributed by atoms with van der Waals surface area (Å²) >= 11 is 0. The molecule has 1 fully saturated rings. The molecule has 1 aromatic carbocycles. The molecule has 1 saturated heterocycles. The first kappa shape index (κ1) is 29.8. The molecule has 0 spiro atoms. The summed E-state index contributed by atoms with van der Waals surface area (Å²) in [4.78, 5) is 65.9. The van der Waals surface area contributed by atoms with Gasteiger partial charge in [-0.2, -0.15) is 4.57 Å². The number of ether oxygens (including phenoxy) is 3. The zero-order chi connectivity index (χ0) is 29.1. The van der Waals surface area contributed by atoms with Gasteiger partial charge in [0.2, 0.25) is 0 Å². The van der Waals surface area contributed by atoms with Gasteiger partial charge in [-0.3, -0.25) is 14.2 Å². The van der Waals surface area contributed by atoms with Crippen molar-refractivity contribution in [2.45, 2.75) is 84.8 Å². The normalized spacial score (nSPS) is 17.7. The van der Waals surface area contributed by atoms with Crippen LogP contribution in [0.2, 0.25) is 0 Å². The Hall–Kier alpha value is -3.73. The highest BCUT2D eigenvalue weighted by molar-refractivity contribution is 5.95. The lowest BCUT2D eigenvalue weighted by Crippen LogP contribution is -2.48. The van der Waals surface area contributed by atoms with Crippen LogP contribution >= 0.6 is 0 Å². The van der Waals surface area contributed by atoms with Gasteiger partial charge in [0, 0.05) is 23.9 Å². The van der Waals surface area contributed by atoms with Crippen molar-refractivity contribution in [3.63, 3.8) is 0 Å². The third-order valence-corrected chi connectivity index (χ3v) is 5.82. The molecule has 39 heavy (non-hydrogen) atoms. The Labute approximate surface area is 227 Å². The number of amides is 1. The van der Waals surface area contributed by atoms with Crippen molar-refractivity contribution in [3.05, 3.63) is 68.5 Å². The van der Waals surface area contributed by atoms with E-state index in [2.05, 4.69) is 0 Å². The van der Waals surface area contributed by atoms with E-state index < -0.39 is 52.6 Å². The number of likely N-dealkylation sites (tertiary alicyclic amines) is 1. The number of esters is 1. The second-order valence-corrected chi connectivity index (χ2v) is 11.6. The summed E-state index contributed by atoms with van der Waals surface area (Å²) in [5.74, 6) is -1.27. The number of aryl methyl sites for hydroxylation is 1. The van der Waals surface area contributed by atoms with E-state index in [4.69, 9.17) is 14.2 Å². The summed E-state index contributed by atoms with van der Waals surface area (Å²) in [6, 6.07) is 7.48. The topological polar surface area (TPSA) is 126 Å². The van der Waals surface area contributed by atoms with Crippen LogP contribution in [0, 0.1) is 6.92 Å². The van der Waals surface area contributed by atoms with Crippen LogP contribution in [-0.2, 0) is 25.5 Å². The average molecular weight is 544 g/mol. The monoisotopic (exact) mass is 543 g/mol. The maximum Gasteiger partial charge on any atom is 0.410 e. The molecule has 2 aromatic rings. The molecular formula is C28H37N3O8. The molecule has 1 aliphatic heterocycles. The van der Waals surface area contributed by atoms with E-state index in [1.165, 1.54) is 34.7 Å². The Kier molecular flexibility index (Phi) is 8.84. The third kappa shape index (κ3) is 7.89. The number of aromatic nitrogens is 2. The summed E-state index contributed by atoms with van der Waals surface area (Å²) in [5, 5.41) is 0. The van der Waals surface area contributed by atoms with Gasteiger partial charge in [-0.1, -0.05) is 18.2 Å². The summed E-state index contributed by atoms with van der Waals surface area (Å²) in [7, 11) is 0. The van der Waals surface area contributed by atoms with Crippen molar-refractivity contribution >= 4 is 18.0 Å². The van der Waals surface area contributed by atoms with E-state index in [0.717, 1.165) is 0 Å². The Balaban J connectivity index is 1.89. The van der Waals surface area contributed by atoms with Crippen molar-refractivity contribution in [1.29, 1.82) is 0 Å². The Morgan fingerprint density at radius 2 is 1.56 bits per heavy atom. The fourth-order valence-corrected chi connectivity index (χ4v) is 4.25. The molecule has 0 radical (unpaired) electrons. The van der Waals surface area contributed by atoms with Gasteiger partial charge in [0.05, 0.1) is 18.7 Å². The maximum atomic E-state index is 13.4. The molecule has 2 heterocycles. The molecule has 212 valence electrons. The first-order valence-electron chi connectivity index (χ1n) is 12.8. The predicted octanol–water partition coefficient (Wildman–Crippen LogP) is 2.74. The van der Waals surface area contributed by atoms with Gasteiger partial charge in [-0.05, 0) is 67.0 Å². The summed E-state index contributed by atoms with van der Waals surface area (Å²) < 4.78 is 18.5. The van der Waals surface area contributed by atoms with E-state index in [1.54, 1.807) is 59.7 Å². The first-order chi connectivity index (χ1) is 18.1. The lowest BCUT2D eigenvalue weighted by Gasteiger charge is -2.28. The summed E-state index contributed by atoms with van der Waals surface area (Å²) in [5.41, 5.74) is -2.57. The molecule has 0 unspecified atom stereocenters. The number of carbonyl (C=O) groups excluding carboxylic acids is 3. The Morgan fingerprint density at radius 3 is 2.15 bits per heavy atom. The molecule has 1 aromatic heterocycles. The van der Waals surface area contributed by atoms with Gasteiger partial charge in [-0.25, -0.2) is 14.4 Å². The van der Waals surface area contributed by atoms with E-state index in [0.29, 0.717) is 11.0 Å². The molecule has 11 nitrogen and oxygen atoms in total. The quantitative estimate of drug-likeness (QED) is 0.509. The fourth-order valence-electron chi connectivity index (χ4n) is 4.25. The minimum Gasteiger partial charge on any atom is -0.458 e. The second-order valence-electron chi connectivity index (χ2n) is 11.6. The largest absolute Gasteiger partial charge is 0.458 e. The van der Waals surface area contributed by atoms with E-state index in [9.17, 15) is 24.0 Å². The van der Waals surface area contributed by atoms with Gasteiger partial charge in [0.15, 0.2) is 0 Å². The van der Waals surface area contributed by atoms with Crippen LogP contribution in [0.25, 0.3) is 0 Å². The number of benzene rings is 1. The number of rotatable bonds is 6. The molecule has 3 rings (SSSR count). The fraction of sp³-hybridized carbons (Fsp3) is 0.536. The molecular weight excluding hydrogens is 506 g/mol. The molecule has 0 bridgehead atoms. The molecule has 2 atom stereocenters. The van der Waals surface area contributed by atoms with Crippen LogP contribution in [0.4, 0.5) is 4.79 Å². The van der Waals surface area contributed by atoms with Gasteiger partial charge in [0.25, 0.3) is 11.5 Å². The van der Waals surface area contributed by atoms with Crippen molar-refractivity contribution < 1.29 is 28.6 Å². The molecule has 0 saturated carbocycles. The molecule has 0 N–H and O–H groups in total. The number of hydrogen-bond donors (Lipinski definition) is 0. The van der Waals surface area contributed by atoms with Gasteiger partial charge < -0.3 is 19.1 Å². The number of carbonyl (C=O) groups is 3. The zero-order valence-corrected chi connectivity index (χ0v) is 23.6. The minimum atomic E-state index is -0.818. The lowest BCUT2D eigenvalue weighted by atomic mass is 10.2. The van der Waals surface area contributed by atoms with E-state index >= 15 is 0 Å². The van der Waals surface area contributed by atoms with Crippen LogP contribution < -0.4 is 11.2 Å². The second kappa shape index (κ2) is 11.6. The molecule has 11 heteroatoms. The Morgan fingerprint density at radius 1 is 0.949 bits per heavy atom. The minimum absolute atomic E-state index is 0.0203. The smallest absolute Gasteiger partial charge is 0.410 e. The lowest BCUT2D eigenvalue weighted by molar-refractivity contribution is -0.162. The van der Waals surface area contributed by atoms with Crippen LogP contribution in [0.15, 0.2) is 46.1 Å².